The van der Waals surface area contributed by atoms with Crippen LogP contribution in [0.2, 0.25) is 0 Å². The Morgan fingerprint density at radius 2 is 1.90 bits per heavy atom. The van der Waals surface area contributed by atoms with Crippen LogP contribution in [-0.4, -0.2) is 35.8 Å². The van der Waals surface area contributed by atoms with Crippen LogP contribution in [0.1, 0.15) is 16.7 Å². The van der Waals surface area contributed by atoms with E-state index in [9.17, 15) is 4.79 Å². The predicted molar refractivity (Wildman–Crippen MR) is 124 cm³/mol. The van der Waals surface area contributed by atoms with Crippen LogP contribution in [0, 0.1) is 6.92 Å². The van der Waals surface area contributed by atoms with Gasteiger partial charge in [-0.1, -0.05) is 42.1 Å². The summed E-state index contributed by atoms with van der Waals surface area (Å²) < 4.78 is 6.33. The van der Waals surface area contributed by atoms with Crippen LogP contribution in [0.5, 0.6) is 5.75 Å². The van der Waals surface area contributed by atoms with Gasteiger partial charge in [0.25, 0.3) is 0 Å². The van der Waals surface area contributed by atoms with Crippen LogP contribution in [0.4, 0.5) is 10.5 Å². The molecule has 0 saturated heterocycles. The molecule has 4 N–H and O–H groups in total. The molecule has 2 amide bonds. The maximum atomic E-state index is 12.2. The number of ether oxygens (including phenoxy) is 1. The lowest BCUT2D eigenvalue weighted by molar-refractivity contribution is 0.216. The first-order valence-electron chi connectivity index (χ1n) is 8.87. The van der Waals surface area contributed by atoms with Crippen molar-refractivity contribution in [2.45, 2.75) is 19.2 Å². The second-order valence-electron chi connectivity index (χ2n) is 6.22. The molecule has 0 atom stereocenters. The Kier molecular flexibility index (Phi) is 8.84. The molecule has 0 aromatic heterocycles. The van der Waals surface area contributed by atoms with E-state index in [0.29, 0.717) is 18.0 Å². The third kappa shape index (κ3) is 6.14. The number of carbonyl (C=O) groups excluding carboxylic acids is 1. The van der Waals surface area contributed by atoms with Gasteiger partial charge in [0.15, 0.2) is 0 Å². The number of methoxy groups -OCH3 is 1. The molecule has 0 heterocycles. The summed E-state index contributed by atoms with van der Waals surface area (Å²) in [5.74, 6) is 13.0. The summed E-state index contributed by atoms with van der Waals surface area (Å²) in [5, 5.41) is 2.04. The number of anilines is 1. The lowest BCUT2D eigenvalue weighted by atomic mass is 10.1. The fourth-order valence-electron chi connectivity index (χ4n) is 2.66. The van der Waals surface area contributed by atoms with E-state index >= 15 is 0 Å². The predicted octanol–water partition coefficient (Wildman–Crippen LogP) is 3.76. The van der Waals surface area contributed by atoms with Crippen molar-refractivity contribution < 1.29 is 9.53 Å². The van der Waals surface area contributed by atoms with Gasteiger partial charge >= 0.3 is 6.03 Å². The van der Waals surface area contributed by atoms with Crippen molar-refractivity contribution in [3.05, 3.63) is 59.2 Å². The molecule has 0 spiro atoms. The molecule has 0 fully saturated rings. The second-order valence-corrected chi connectivity index (χ2v) is 8.24. The summed E-state index contributed by atoms with van der Waals surface area (Å²) in [5.41, 5.74) is 3.67. The Bertz CT molecular complexity index is 874. The first kappa shape index (κ1) is 23.1. The third-order valence-corrected chi connectivity index (χ3v) is 6.38. The number of benzene rings is 2. The van der Waals surface area contributed by atoms with E-state index in [0.717, 1.165) is 36.8 Å². The van der Waals surface area contributed by atoms with Crippen LogP contribution in [-0.2, 0) is 12.3 Å². The smallest absolute Gasteiger partial charge is 0.352 e. The quantitative estimate of drug-likeness (QED) is 0.237. The Hall–Kier alpha value is -2.20. The molecule has 0 bridgehead atoms. The van der Waals surface area contributed by atoms with Crippen molar-refractivity contribution in [1.29, 1.82) is 0 Å². The molecular weight excluding hydrogens is 406 g/mol. The number of aryl methyl sites for hydroxylation is 1. The lowest BCUT2D eigenvalue weighted by Gasteiger charge is -2.24. The summed E-state index contributed by atoms with van der Waals surface area (Å²) >= 11 is 3.19. The molecular formula is C20H27N5O2S2. The fraction of sp³-hybridized carbons (Fsp3) is 0.300. The van der Waals surface area contributed by atoms with E-state index in [4.69, 9.17) is 21.4 Å². The number of urea groups is 1. The van der Waals surface area contributed by atoms with Gasteiger partial charge in [0.05, 0.1) is 19.3 Å². The number of nitrogens with zero attached hydrogens (tertiary/aromatic N) is 3. The third-order valence-electron chi connectivity index (χ3n) is 4.24. The number of nitrogens with two attached hydrogens (primary N) is 2. The number of carbonyl (C=O) groups is 1. The van der Waals surface area contributed by atoms with Crippen molar-refractivity contribution in [2.75, 3.05) is 25.4 Å². The van der Waals surface area contributed by atoms with Gasteiger partial charge in [0.2, 0.25) is 0 Å². The Morgan fingerprint density at radius 3 is 2.55 bits per heavy atom. The van der Waals surface area contributed by atoms with Crippen LogP contribution in [0.25, 0.3) is 0 Å². The van der Waals surface area contributed by atoms with Crippen LogP contribution >= 0.6 is 23.5 Å². The van der Waals surface area contributed by atoms with Gasteiger partial charge in [0.1, 0.15) is 10.1 Å². The average molecular weight is 434 g/mol. The number of para-hydroxylation sites is 1. The first-order chi connectivity index (χ1) is 13.9. The number of amides is 2. The summed E-state index contributed by atoms with van der Waals surface area (Å²) in [6, 6.07) is 13.0. The van der Waals surface area contributed by atoms with E-state index in [1.165, 1.54) is 7.05 Å². The average Bonchev–Trinajstić information content (AvgIpc) is 2.73. The van der Waals surface area contributed by atoms with E-state index in [1.54, 1.807) is 30.6 Å². The molecule has 29 heavy (non-hydrogen) atoms. The van der Waals surface area contributed by atoms with Crippen molar-refractivity contribution in [3.63, 3.8) is 0 Å². The zero-order valence-electron chi connectivity index (χ0n) is 17.1. The van der Waals surface area contributed by atoms with Gasteiger partial charge in [-0.15, -0.1) is 11.8 Å². The van der Waals surface area contributed by atoms with Gasteiger partial charge in [-0.3, -0.25) is 10.0 Å². The van der Waals surface area contributed by atoms with Crippen LogP contribution in [0.15, 0.2) is 47.5 Å². The molecule has 2 aromatic rings. The molecule has 0 aliphatic rings. The maximum absolute atomic E-state index is 12.2. The Labute approximate surface area is 180 Å². The minimum Gasteiger partial charge on any atom is -0.496 e. The van der Waals surface area contributed by atoms with Gasteiger partial charge in [-0.2, -0.15) is 0 Å². The highest BCUT2D eigenvalue weighted by Crippen LogP contribution is 2.30. The summed E-state index contributed by atoms with van der Waals surface area (Å²) in [7, 11) is 3.12. The van der Waals surface area contributed by atoms with E-state index in [-0.39, 0.29) is 0 Å². The minimum absolute atomic E-state index is 0.489. The van der Waals surface area contributed by atoms with Crippen LogP contribution < -0.4 is 21.4 Å². The fourth-order valence-corrected chi connectivity index (χ4v) is 4.30. The van der Waals surface area contributed by atoms with E-state index in [2.05, 4.69) is 0 Å². The number of hydrogen-bond donors (Lipinski definition) is 2. The number of hydrogen-bond acceptors (Lipinski definition) is 7. The van der Waals surface area contributed by atoms with E-state index < -0.39 is 6.03 Å². The summed E-state index contributed by atoms with van der Waals surface area (Å²) in [6.45, 7) is 2.53. The summed E-state index contributed by atoms with van der Waals surface area (Å²) in [4.78, 5) is 16.9. The number of hydrazine groups is 2. The van der Waals surface area contributed by atoms with Gasteiger partial charge in [0, 0.05) is 18.4 Å². The van der Waals surface area contributed by atoms with Crippen molar-refractivity contribution in [2.24, 2.45) is 16.7 Å². The normalized spacial score (nSPS) is 11.3. The van der Waals surface area contributed by atoms with Crippen molar-refractivity contribution in [1.82, 2.24) is 5.01 Å². The molecule has 9 heteroatoms. The molecule has 0 aliphatic carbocycles. The standard InChI is InChI=1S/C20H27N5O2S2/c1-14-8-7-10-17(25(22)20(26)24(2)21)16(14)13-29-19(28-4)23-12-15-9-5-6-11-18(15)27-3/h5-11H,12-13,21-22H2,1-4H3. The summed E-state index contributed by atoms with van der Waals surface area (Å²) in [6.07, 6.45) is 2.00. The topological polar surface area (TPSA) is 97.2 Å². The second kappa shape index (κ2) is 11.1. The number of rotatable bonds is 6. The molecule has 0 radical (unpaired) electrons. The molecule has 2 rings (SSSR count). The van der Waals surface area contributed by atoms with Gasteiger partial charge in [-0.05, 0) is 36.4 Å². The molecule has 2 aromatic carbocycles. The monoisotopic (exact) mass is 433 g/mol. The SMILES string of the molecule is COc1ccccc1CN=C(SC)SCc1c(C)cccc1N(N)C(=O)N(C)N. The van der Waals surface area contributed by atoms with Crippen molar-refractivity contribution in [3.8, 4) is 5.75 Å². The molecule has 7 nitrogen and oxygen atoms in total. The lowest BCUT2D eigenvalue weighted by Crippen LogP contribution is -2.49. The highest BCUT2D eigenvalue weighted by molar-refractivity contribution is 8.38. The Morgan fingerprint density at radius 1 is 1.17 bits per heavy atom. The minimum atomic E-state index is -0.489. The van der Waals surface area contributed by atoms with Gasteiger partial charge < -0.3 is 4.74 Å². The van der Waals surface area contributed by atoms with E-state index in [1.807, 2.05) is 55.6 Å². The highest BCUT2D eigenvalue weighted by atomic mass is 32.2. The Balaban J connectivity index is 2.18. The zero-order chi connectivity index (χ0) is 21.4. The highest BCUT2D eigenvalue weighted by Gasteiger charge is 2.19. The largest absolute Gasteiger partial charge is 0.496 e. The maximum Gasteiger partial charge on any atom is 0.352 e. The van der Waals surface area contributed by atoms with Crippen LogP contribution in [0.3, 0.4) is 0 Å². The first-order valence-corrected chi connectivity index (χ1v) is 11.1. The zero-order valence-corrected chi connectivity index (χ0v) is 18.7. The molecule has 0 unspecified atom stereocenters. The van der Waals surface area contributed by atoms with Gasteiger partial charge in [-0.25, -0.2) is 21.5 Å². The van der Waals surface area contributed by atoms with Crippen molar-refractivity contribution >= 4 is 39.6 Å². The molecule has 0 saturated carbocycles. The number of aliphatic imine (C=N–C) groups is 1. The number of thioether (sulfide) groups is 2. The molecule has 0 aliphatic heterocycles. The molecule has 156 valence electrons.